The Morgan fingerprint density at radius 2 is 1.78 bits per heavy atom. The number of hydrogen-bond donors (Lipinski definition) is 2. The Morgan fingerprint density at radius 3 is 2.35 bits per heavy atom. The van der Waals surface area contributed by atoms with E-state index in [1.807, 2.05) is 30.3 Å². The Morgan fingerprint density at radius 1 is 1.09 bits per heavy atom. The van der Waals surface area contributed by atoms with Crippen LogP contribution in [0.25, 0.3) is 0 Å². The number of anilines is 2. The van der Waals surface area contributed by atoms with E-state index in [0.717, 1.165) is 30.8 Å². The molecular weight excluding hydrogens is 286 g/mol. The number of aromatic nitrogens is 1. The second-order valence-electron chi connectivity index (χ2n) is 6.05. The molecule has 0 radical (unpaired) electrons. The van der Waals surface area contributed by atoms with Gasteiger partial charge in [-0.1, -0.05) is 32.9 Å². The quantitative estimate of drug-likeness (QED) is 0.799. The van der Waals surface area contributed by atoms with Crippen molar-refractivity contribution < 1.29 is 4.79 Å². The predicted octanol–water partition coefficient (Wildman–Crippen LogP) is 4.35. The first-order chi connectivity index (χ1) is 11.1. The van der Waals surface area contributed by atoms with Crippen LogP contribution in [0.3, 0.4) is 0 Å². The highest BCUT2D eigenvalue weighted by Gasteiger charge is 2.07. The molecular formula is C19H25N3O. The average Bonchev–Trinajstić information content (AvgIpc) is 2.56. The molecule has 0 spiro atoms. The van der Waals surface area contributed by atoms with Crippen LogP contribution in [0.15, 0.2) is 42.6 Å². The maximum absolute atomic E-state index is 12.2. The first-order valence-corrected chi connectivity index (χ1v) is 8.18. The molecule has 0 atom stereocenters. The third-order valence-electron chi connectivity index (χ3n) is 3.67. The number of carbonyl (C=O) groups excluding carboxylic acids is 1. The minimum absolute atomic E-state index is 0.192. The number of benzene rings is 1. The van der Waals surface area contributed by atoms with Crippen LogP contribution in [0.5, 0.6) is 0 Å². The fourth-order valence-electron chi connectivity index (χ4n) is 2.16. The summed E-state index contributed by atoms with van der Waals surface area (Å²) in [6, 6.07) is 11.5. The summed E-state index contributed by atoms with van der Waals surface area (Å²) in [5, 5.41) is 6.18. The minimum Gasteiger partial charge on any atom is -0.384 e. The predicted molar refractivity (Wildman–Crippen MR) is 96.0 cm³/mol. The molecule has 2 N–H and O–H groups in total. The van der Waals surface area contributed by atoms with Gasteiger partial charge in [-0.25, -0.2) is 4.98 Å². The van der Waals surface area contributed by atoms with Crippen LogP contribution in [0.4, 0.5) is 11.4 Å². The normalized spacial score (nSPS) is 10.6. The standard InChI is InChI=1S/C19H25N3O/c1-4-15-5-7-16(8-6-15)22-19(23)18-10-9-17(13-21-18)20-12-11-14(2)3/h5-10,13-14,20H,4,11-12H2,1-3H3,(H,22,23). The van der Waals surface area contributed by atoms with Gasteiger partial charge in [0.25, 0.3) is 5.91 Å². The number of hydrogen-bond acceptors (Lipinski definition) is 3. The zero-order chi connectivity index (χ0) is 16.7. The topological polar surface area (TPSA) is 54.0 Å². The molecule has 1 heterocycles. The lowest BCUT2D eigenvalue weighted by Gasteiger charge is -2.09. The van der Waals surface area contributed by atoms with Crippen molar-refractivity contribution in [1.29, 1.82) is 0 Å². The molecule has 0 bridgehead atoms. The van der Waals surface area contributed by atoms with Crippen molar-refractivity contribution in [2.75, 3.05) is 17.2 Å². The van der Waals surface area contributed by atoms with Gasteiger partial charge < -0.3 is 10.6 Å². The van der Waals surface area contributed by atoms with Gasteiger partial charge in [0.2, 0.25) is 0 Å². The van der Waals surface area contributed by atoms with E-state index in [-0.39, 0.29) is 5.91 Å². The molecule has 0 saturated carbocycles. The molecule has 1 aromatic carbocycles. The van der Waals surface area contributed by atoms with Gasteiger partial charge in [0.05, 0.1) is 11.9 Å². The number of nitrogens with zero attached hydrogens (tertiary/aromatic N) is 1. The second-order valence-corrected chi connectivity index (χ2v) is 6.05. The Kier molecular flexibility index (Phi) is 6.15. The largest absolute Gasteiger partial charge is 0.384 e. The summed E-state index contributed by atoms with van der Waals surface area (Å²) in [5.41, 5.74) is 3.39. The summed E-state index contributed by atoms with van der Waals surface area (Å²) in [6.07, 6.45) is 3.80. The lowest BCUT2D eigenvalue weighted by molar-refractivity contribution is 0.102. The van der Waals surface area contributed by atoms with Crippen molar-refractivity contribution >= 4 is 17.3 Å². The lowest BCUT2D eigenvalue weighted by atomic mass is 10.1. The van der Waals surface area contributed by atoms with Crippen molar-refractivity contribution in [2.24, 2.45) is 5.92 Å². The molecule has 1 aromatic heterocycles. The van der Waals surface area contributed by atoms with Gasteiger partial charge in [0.15, 0.2) is 0 Å². The van der Waals surface area contributed by atoms with Crippen molar-refractivity contribution in [3.63, 3.8) is 0 Å². The third-order valence-corrected chi connectivity index (χ3v) is 3.67. The van der Waals surface area contributed by atoms with Crippen molar-refractivity contribution in [2.45, 2.75) is 33.6 Å². The molecule has 0 aliphatic carbocycles. The molecule has 23 heavy (non-hydrogen) atoms. The fourth-order valence-corrected chi connectivity index (χ4v) is 2.16. The van der Waals surface area contributed by atoms with E-state index in [0.29, 0.717) is 11.6 Å². The van der Waals surface area contributed by atoms with Gasteiger partial charge in [0.1, 0.15) is 5.69 Å². The Bertz CT molecular complexity index is 618. The summed E-state index contributed by atoms with van der Waals surface area (Å²) >= 11 is 0. The average molecular weight is 311 g/mol. The number of amides is 1. The number of aryl methyl sites for hydroxylation is 1. The SMILES string of the molecule is CCc1ccc(NC(=O)c2ccc(NCCC(C)C)cn2)cc1. The molecule has 0 aliphatic heterocycles. The summed E-state index contributed by atoms with van der Waals surface area (Å²) in [7, 11) is 0. The molecule has 0 aliphatic rings. The van der Waals surface area contributed by atoms with E-state index in [9.17, 15) is 4.79 Å². The smallest absolute Gasteiger partial charge is 0.274 e. The van der Waals surface area contributed by atoms with E-state index < -0.39 is 0 Å². The Hall–Kier alpha value is -2.36. The van der Waals surface area contributed by atoms with Gasteiger partial charge in [-0.05, 0) is 48.6 Å². The zero-order valence-corrected chi connectivity index (χ0v) is 14.1. The number of carbonyl (C=O) groups is 1. The van der Waals surface area contributed by atoms with Crippen LogP contribution in [-0.2, 0) is 6.42 Å². The maximum Gasteiger partial charge on any atom is 0.274 e. The summed E-state index contributed by atoms with van der Waals surface area (Å²) < 4.78 is 0. The molecule has 2 aromatic rings. The minimum atomic E-state index is -0.192. The first kappa shape index (κ1) is 17.0. The molecule has 1 amide bonds. The number of rotatable bonds is 7. The van der Waals surface area contributed by atoms with Gasteiger partial charge >= 0.3 is 0 Å². The van der Waals surface area contributed by atoms with Crippen LogP contribution in [0.1, 0.15) is 43.2 Å². The number of pyridine rings is 1. The highest BCUT2D eigenvalue weighted by Crippen LogP contribution is 2.12. The second kappa shape index (κ2) is 8.32. The van der Waals surface area contributed by atoms with Crippen LogP contribution >= 0.6 is 0 Å². The summed E-state index contributed by atoms with van der Waals surface area (Å²) in [5.74, 6) is 0.475. The van der Waals surface area contributed by atoms with Gasteiger partial charge in [-0.15, -0.1) is 0 Å². The van der Waals surface area contributed by atoms with E-state index in [4.69, 9.17) is 0 Å². The Labute approximate surface area is 138 Å². The monoisotopic (exact) mass is 311 g/mol. The molecule has 0 fully saturated rings. The molecule has 122 valence electrons. The zero-order valence-electron chi connectivity index (χ0n) is 14.1. The molecule has 0 unspecified atom stereocenters. The van der Waals surface area contributed by atoms with Crippen molar-refractivity contribution in [3.05, 3.63) is 53.9 Å². The van der Waals surface area contributed by atoms with E-state index in [1.54, 1.807) is 12.3 Å². The van der Waals surface area contributed by atoms with E-state index in [2.05, 4.69) is 36.4 Å². The molecule has 4 heteroatoms. The van der Waals surface area contributed by atoms with Crippen LogP contribution < -0.4 is 10.6 Å². The van der Waals surface area contributed by atoms with Crippen LogP contribution in [0, 0.1) is 5.92 Å². The van der Waals surface area contributed by atoms with Crippen molar-refractivity contribution in [1.82, 2.24) is 4.98 Å². The van der Waals surface area contributed by atoms with E-state index >= 15 is 0 Å². The van der Waals surface area contributed by atoms with Gasteiger partial charge in [-0.3, -0.25) is 4.79 Å². The Balaban J connectivity index is 1.91. The van der Waals surface area contributed by atoms with E-state index in [1.165, 1.54) is 5.56 Å². The maximum atomic E-state index is 12.2. The highest BCUT2D eigenvalue weighted by atomic mass is 16.1. The number of nitrogens with one attached hydrogen (secondary N) is 2. The third kappa shape index (κ3) is 5.40. The van der Waals surface area contributed by atoms with Crippen molar-refractivity contribution in [3.8, 4) is 0 Å². The molecule has 4 nitrogen and oxygen atoms in total. The molecule has 0 saturated heterocycles. The fraction of sp³-hybridized carbons (Fsp3) is 0.368. The highest BCUT2D eigenvalue weighted by molar-refractivity contribution is 6.02. The summed E-state index contributed by atoms with van der Waals surface area (Å²) in [6.45, 7) is 7.41. The molecule has 2 rings (SSSR count). The van der Waals surface area contributed by atoms with Gasteiger partial charge in [-0.2, -0.15) is 0 Å². The summed E-state index contributed by atoms with van der Waals surface area (Å²) in [4.78, 5) is 16.4. The van der Waals surface area contributed by atoms with Crippen LogP contribution in [0.2, 0.25) is 0 Å². The van der Waals surface area contributed by atoms with Gasteiger partial charge in [0, 0.05) is 12.2 Å². The van der Waals surface area contributed by atoms with Crippen LogP contribution in [-0.4, -0.2) is 17.4 Å². The first-order valence-electron chi connectivity index (χ1n) is 8.18. The lowest BCUT2D eigenvalue weighted by Crippen LogP contribution is -2.14.